The second-order valence-corrected chi connectivity index (χ2v) is 4.89. The van der Waals surface area contributed by atoms with E-state index in [-0.39, 0.29) is 23.0 Å². The van der Waals surface area contributed by atoms with Crippen molar-refractivity contribution in [1.29, 1.82) is 0 Å². The maximum absolute atomic E-state index is 9.77. The maximum atomic E-state index is 9.77. The molecule has 0 aliphatic heterocycles. The van der Waals surface area contributed by atoms with E-state index in [1.807, 2.05) is 18.2 Å². The van der Waals surface area contributed by atoms with Gasteiger partial charge in [-0.1, -0.05) is 35.0 Å². The molecule has 1 aromatic heterocycles. The number of rotatable bonds is 3. The van der Waals surface area contributed by atoms with E-state index in [2.05, 4.69) is 10.1 Å². The van der Waals surface area contributed by atoms with E-state index >= 15 is 0 Å². The van der Waals surface area contributed by atoms with E-state index < -0.39 is 0 Å². The molecular weight excluding hydrogens is 292 g/mol. The smallest absolute Gasteiger partial charge is 0.261 e. The number of nitrogens with zero attached hydrogens (tertiary/aromatic N) is 2. The van der Waals surface area contributed by atoms with Crippen LogP contribution in [-0.4, -0.2) is 20.4 Å². The molecule has 0 aliphatic carbocycles. The van der Waals surface area contributed by atoms with Crippen molar-refractivity contribution in [3.8, 4) is 23.0 Å². The summed E-state index contributed by atoms with van der Waals surface area (Å²) in [6, 6.07) is 11.5. The molecule has 2 aromatic carbocycles. The van der Waals surface area contributed by atoms with Crippen LogP contribution in [0.5, 0.6) is 11.5 Å². The maximum Gasteiger partial charge on any atom is 0.261 e. The zero-order valence-corrected chi connectivity index (χ0v) is 11.6. The molecular formula is C15H11ClN2O3. The zero-order chi connectivity index (χ0) is 14.8. The molecule has 6 heteroatoms. The van der Waals surface area contributed by atoms with Gasteiger partial charge < -0.3 is 14.7 Å². The summed E-state index contributed by atoms with van der Waals surface area (Å²) in [5, 5.41) is 23.7. The standard InChI is InChI=1S/C15H11ClN2O3/c16-12-4-2-1-3-9(12)7-14-17-15(21-18-14)11-8-10(19)5-6-13(11)20/h1-6,8,19-20H,7H2. The Morgan fingerprint density at radius 1 is 1.10 bits per heavy atom. The molecule has 0 radical (unpaired) electrons. The van der Waals surface area contributed by atoms with Crippen LogP contribution in [0.3, 0.4) is 0 Å². The largest absolute Gasteiger partial charge is 0.508 e. The lowest BCUT2D eigenvalue weighted by Gasteiger charge is -2.00. The summed E-state index contributed by atoms with van der Waals surface area (Å²) in [6.45, 7) is 0. The van der Waals surface area contributed by atoms with Gasteiger partial charge in [-0.2, -0.15) is 4.98 Å². The molecule has 2 N–H and O–H groups in total. The lowest BCUT2D eigenvalue weighted by atomic mass is 10.1. The number of aromatic nitrogens is 2. The topological polar surface area (TPSA) is 79.4 Å². The van der Waals surface area contributed by atoms with E-state index in [9.17, 15) is 10.2 Å². The molecule has 1 heterocycles. The van der Waals surface area contributed by atoms with Crippen molar-refractivity contribution in [2.24, 2.45) is 0 Å². The first-order chi connectivity index (χ1) is 10.1. The highest BCUT2D eigenvalue weighted by Gasteiger charge is 2.14. The van der Waals surface area contributed by atoms with Gasteiger partial charge in [0.1, 0.15) is 11.5 Å². The SMILES string of the molecule is Oc1ccc(O)c(-c2nc(Cc3ccccc3Cl)no2)c1. The first kappa shape index (κ1) is 13.5. The predicted octanol–water partition coefficient (Wildman–Crippen LogP) is 3.39. The molecule has 0 spiro atoms. The molecule has 0 bridgehead atoms. The second-order valence-electron chi connectivity index (χ2n) is 4.49. The number of halogens is 1. The summed E-state index contributed by atoms with van der Waals surface area (Å²) in [5.74, 6) is 0.556. The van der Waals surface area contributed by atoms with E-state index in [0.717, 1.165) is 5.56 Å². The van der Waals surface area contributed by atoms with Crippen LogP contribution in [0.15, 0.2) is 47.0 Å². The molecule has 0 amide bonds. The first-order valence-electron chi connectivity index (χ1n) is 6.22. The molecule has 0 aliphatic rings. The Bertz CT molecular complexity index is 786. The summed E-state index contributed by atoms with van der Waals surface area (Å²) < 4.78 is 5.12. The quantitative estimate of drug-likeness (QED) is 0.725. The number of benzene rings is 2. The van der Waals surface area contributed by atoms with Crippen molar-refractivity contribution in [2.45, 2.75) is 6.42 Å². The van der Waals surface area contributed by atoms with Crippen molar-refractivity contribution in [2.75, 3.05) is 0 Å². The van der Waals surface area contributed by atoms with Crippen molar-refractivity contribution in [3.05, 3.63) is 58.9 Å². The molecule has 3 rings (SSSR count). The van der Waals surface area contributed by atoms with Gasteiger partial charge in [0.25, 0.3) is 5.89 Å². The molecule has 0 unspecified atom stereocenters. The summed E-state index contributed by atoms with van der Waals surface area (Å²) in [6.07, 6.45) is 0.419. The fraction of sp³-hybridized carbons (Fsp3) is 0.0667. The lowest BCUT2D eigenvalue weighted by Crippen LogP contribution is -1.91. The molecule has 21 heavy (non-hydrogen) atoms. The highest BCUT2D eigenvalue weighted by molar-refractivity contribution is 6.31. The molecule has 0 fully saturated rings. The summed E-state index contributed by atoms with van der Waals surface area (Å²) >= 11 is 6.08. The average molecular weight is 303 g/mol. The van der Waals surface area contributed by atoms with Gasteiger partial charge in [-0.15, -0.1) is 0 Å². The van der Waals surface area contributed by atoms with Gasteiger partial charge in [-0.05, 0) is 29.8 Å². The van der Waals surface area contributed by atoms with Gasteiger partial charge >= 0.3 is 0 Å². The molecule has 0 saturated carbocycles. The fourth-order valence-electron chi connectivity index (χ4n) is 1.94. The minimum Gasteiger partial charge on any atom is -0.508 e. The van der Waals surface area contributed by atoms with Gasteiger partial charge in [0, 0.05) is 11.4 Å². The minimum atomic E-state index is -0.0410. The third-order valence-corrected chi connectivity index (χ3v) is 3.35. The highest BCUT2D eigenvalue weighted by atomic mass is 35.5. The van der Waals surface area contributed by atoms with E-state index in [1.54, 1.807) is 6.07 Å². The van der Waals surface area contributed by atoms with Crippen LogP contribution in [0.25, 0.3) is 11.5 Å². The van der Waals surface area contributed by atoms with Crippen LogP contribution in [0.2, 0.25) is 5.02 Å². The lowest BCUT2D eigenvalue weighted by molar-refractivity contribution is 0.417. The Morgan fingerprint density at radius 3 is 2.71 bits per heavy atom. The van der Waals surface area contributed by atoms with Crippen LogP contribution >= 0.6 is 11.6 Å². The summed E-state index contributed by atoms with van der Waals surface area (Å²) in [7, 11) is 0. The van der Waals surface area contributed by atoms with Crippen LogP contribution in [0, 0.1) is 0 Å². The van der Waals surface area contributed by atoms with Crippen molar-refractivity contribution in [3.63, 3.8) is 0 Å². The first-order valence-corrected chi connectivity index (χ1v) is 6.59. The number of hydrogen-bond acceptors (Lipinski definition) is 5. The third-order valence-electron chi connectivity index (χ3n) is 2.99. The van der Waals surface area contributed by atoms with Gasteiger partial charge in [0.15, 0.2) is 5.82 Å². The fourth-order valence-corrected chi connectivity index (χ4v) is 2.15. The molecule has 106 valence electrons. The Balaban J connectivity index is 1.90. The normalized spacial score (nSPS) is 10.7. The summed E-state index contributed by atoms with van der Waals surface area (Å²) in [5.41, 5.74) is 1.17. The van der Waals surface area contributed by atoms with Gasteiger partial charge in [-0.25, -0.2) is 0 Å². The van der Waals surface area contributed by atoms with Gasteiger partial charge in [-0.3, -0.25) is 0 Å². The van der Waals surface area contributed by atoms with Crippen molar-refractivity contribution >= 4 is 11.6 Å². The van der Waals surface area contributed by atoms with Crippen molar-refractivity contribution in [1.82, 2.24) is 10.1 Å². The van der Waals surface area contributed by atoms with Crippen LogP contribution in [0.4, 0.5) is 0 Å². The Morgan fingerprint density at radius 2 is 1.90 bits per heavy atom. The molecule has 0 atom stereocenters. The number of phenols is 2. The Hall–Kier alpha value is -2.53. The van der Waals surface area contributed by atoms with Crippen LogP contribution < -0.4 is 0 Å². The van der Waals surface area contributed by atoms with E-state index in [0.29, 0.717) is 17.3 Å². The zero-order valence-electron chi connectivity index (χ0n) is 10.8. The van der Waals surface area contributed by atoms with E-state index in [4.69, 9.17) is 16.1 Å². The van der Waals surface area contributed by atoms with Gasteiger partial charge in [0.05, 0.1) is 5.56 Å². The third kappa shape index (κ3) is 2.83. The number of aromatic hydroxyl groups is 2. The average Bonchev–Trinajstić information content (AvgIpc) is 2.92. The second kappa shape index (κ2) is 5.46. The van der Waals surface area contributed by atoms with Crippen molar-refractivity contribution < 1.29 is 14.7 Å². The number of hydrogen-bond donors (Lipinski definition) is 2. The Kier molecular flexibility index (Phi) is 3.50. The molecule has 0 saturated heterocycles. The van der Waals surface area contributed by atoms with Gasteiger partial charge in [0.2, 0.25) is 0 Å². The molecule has 5 nitrogen and oxygen atoms in total. The highest BCUT2D eigenvalue weighted by Crippen LogP contribution is 2.31. The Labute approximate surface area is 125 Å². The van der Waals surface area contributed by atoms with Crippen LogP contribution in [0.1, 0.15) is 11.4 Å². The minimum absolute atomic E-state index is 0.00801. The summed E-state index contributed by atoms with van der Waals surface area (Å²) in [4.78, 5) is 4.21. The monoisotopic (exact) mass is 302 g/mol. The van der Waals surface area contributed by atoms with E-state index in [1.165, 1.54) is 18.2 Å². The molecule has 3 aromatic rings. The number of phenolic OH excluding ortho intramolecular Hbond substituents is 2. The van der Waals surface area contributed by atoms with Crippen LogP contribution in [-0.2, 0) is 6.42 Å². The predicted molar refractivity (Wildman–Crippen MR) is 77.3 cm³/mol.